The monoisotopic (exact) mass is 262 g/mol. The van der Waals surface area contributed by atoms with Gasteiger partial charge in [-0.05, 0) is 11.8 Å². The summed E-state index contributed by atoms with van der Waals surface area (Å²) >= 11 is 0.878. The summed E-state index contributed by atoms with van der Waals surface area (Å²) in [4.78, 5) is 10.2. The van der Waals surface area contributed by atoms with Crippen molar-refractivity contribution in [2.45, 2.75) is 16.4 Å². The first-order chi connectivity index (χ1) is 7.95. The van der Waals surface area contributed by atoms with Gasteiger partial charge in [-0.15, -0.1) is 0 Å². The van der Waals surface area contributed by atoms with E-state index in [0.29, 0.717) is 5.16 Å². The number of aromatic amines is 1. The van der Waals surface area contributed by atoms with Crippen LogP contribution in [0.3, 0.4) is 0 Å². The van der Waals surface area contributed by atoms with Gasteiger partial charge in [-0.1, -0.05) is 0 Å². The van der Waals surface area contributed by atoms with Crippen molar-refractivity contribution in [1.29, 1.82) is 0 Å². The van der Waals surface area contributed by atoms with E-state index in [1.165, 1.54) is 12.4 Å². The summed E-state index contributed by atoms with van der Waals surface area (Å²) in [6.45, 7) is 0. The van der Waals surface area contributed by atoms with Crippen LogP contribution in [0.4, 0.5) is 19.0 Å². The predicted octanol–water partition coefficient (Wildman–Crippen LogP) is 1.35. The minimum atomic E-state index is -4.63. The second kappa shape index (κ2) is 4.20. The van der Waals surface area contributed by atoms with Crippen LogP contribution in [0.2, 0.25) is 0 Å². The van der Waals surface area contributed by atoms with Crippen LogP contribution in [-0.4, -0.2) is 25.1 Å². The number of nitrogen functional groups attached to an aromatic ring is 1. The lowest BCUT2D eigenvalue weighted by Crippen LogP contribution is -2.12. The van der Waals surface area contributed by atoms with Crippen LogP contribution in [0.1, 0.15) is 5.82 Å². The van der Waals surface area contributed by atoms with Gasteiger partial charge in [0.05, 0.1) is 0 Å². The summed E-state index contributed by atoms with van der Waals surface area (Å²) in [6.07, 6.45) is -3.40. The van der Waals surface area contributed by atoms with Gasteiger partial charge >= 0.3 is 6.18 Å². The molecule has 0 unspecified atom stereocenters. The number of halogens is 3. The Balaban J connectivity index is 2.32. The molecule has 0 fully saturated rings. The Morgan fingerprint density at radius 2 is 2.06 bits per heavy atom. The van der Waals surface area contributed by atoms with Crippen LogP contribution in [0, 0.1) is 0 Å². The van der Waals surface area contributed by atoms with Crippen molar-refractivity contribution < 1.29 is 13.2 Å². The molecule has 0 atom stereocenters. The van der Waals surface area contributed by atoms with Gasteiger partial charge in [0.15, 0.2) is 5.16 Å². The van der Waals surface area contributed by atoms with Gasteiger partial charge in [-0.3, -0.25) is 5.10 Å². The number of nitrogens with two attached hydrogens (primary N) is 1. The third-order valence-electron chi connectivity index (χ3n) is 1.57. The standard InChI is InChI=1S/C7H5F3N6S/c8-7(9,10)5-14-3(11)1-4(15-5)17-6-12-2-13-16-6/h1-2H,(H2,11,14,15)(H,12,13,16). The molecule has 0 radical (unpaired) electrons. The molecule has 0 bridgehead atoms. The second-order valence-electron chi connectivity index (χ2n) is 2.85. The molecule has 0 aromatic carbocycles. The van der Waals surface area contributed by atoms with Crippen LogP contribution in [-0.2, 0) is 6.18 Å². The van der Waals surface area contributed by atoms with Crippen LogP contribution in [0.5, 0.6) is 0 Å². The van der Waals surface area contributed by atoms with Gasteiger partial charge in [-0.2, -0.15) is 18.3 Å². The van der Waals surface area contributed by atoms with E-state index in [1.807, 2.05) is 0 Å². The average Bonchev–Trinajstić information content (AvgIpc) is 2.68. The second-order valence-corrected chi connectivity index (χ2v) is 3.85. The molecule has 0 saturated carbocycles. The maximum absolute atomic E-state index is 12.4. The van der Waals surface area contributed by atoms with E-state index in [2.05, 4.69) is 25.1 Å². The minimum Gasteiger partial charge on any atom is -0.384 e. The normalized spacial score (nSPS) is 11.7. The number of nitrogens with one attached hydrogen (secondary N) is 1. The van der Waals surface area contributed by atoms with Crippen molar-refractivity contribution in [3.8, 4) is 0 Å². The Kier molecular flexibility index (Phi) is 2.88. The van der Waals surface area contributed by atoms with Crippen LogP contribution in [0.15, 0.2) is 22.6 Å². The Labute approximate surface area is 96.9 Å². The number of hydrogen-bond donors (Lipinski definition) is 2. The fourth-order valence-corrected chi connectivity index (χ4v) is 1.67. The summed E-state index contributed by atoms with van der Waals surface area (Å²) < 4.78 is 37.2. The number of nitrogens with zero attached hydrogens (tertiary/aromatic N) is 4. The molecule has 90 valence electrons. The smallest absolute Gasteiger partial charge is 0.384 e. The van der Waals surface area contributed by atoms with Gasteiger partial charge in [0.25, 0.3) is 0 Å². The SMILES string of the molecule is Nc1cc(Sc2ncn[nH]2)nc(C(F)(F)F)n1. The minimum absolute atomic E-state index is 0.0431. The van der Waals surface area contributed by atoms with Crippen molar-refractivity contribution in [3.05, 3.63) is 18.2 Å². The molecule has 0 aliphatic carbocycles. The molecule has 17 heavy (non-hydrogen) atoms. The molecule has 0 aliphatic rings. The zero-order valence-corrected chi connectivity index (χ0v) is 8.88. The largest absolute Gasteiger partial charge is 0.451 e. The van der Waals surface area contributed by atoms with Gasteiger partial charge in [-0.25, -0.2) is 15.0 Å². The maximum atomic E-state index is 12.4. The highest BCUT2D eigenvalue weighted by Crippen LogP contribution is 2.30. The maximum Gasteiger partial charge on any atom is 0.451 e. The first-order valence-electron chi connectivity index (χ1n) is 4.20. The Hall–Kier alpha value is -1.84. The van der Waals surface area contributed by atoms with Crippen molar-refractivity contribution >= 4 is 17.6 Å². The van der Waals surface area contributed by atoms with Crippen molar-refractivity contribution in [2.24, 2.45) is 0 Å². The molecule has 2 rings (SSSR count). The van der Waals surface area contributed by atoms with E-state index < -0.39 is 12.0 Å². The highest BCUT2D eigenvalue weighted by molar-refractivity contribution is 7.99. The van der Waals surface area contributed by atoms with E-state index in [-0.39, 0.29) is 10.8 Å². The number of rotatable bonds is 2. The molecule has 0 spiro atoms. The van der Waals surface area contributed by atoms with E-state index >= 15 is 0 Å². The summed E-state index contributed by atoms with van der Waals surface area (Å²) in [6, 6.07) is 1.22. The number of hydrogen-bond acceptors (Lipinski definition) is 6. The zero-order valence-electron chi connectivity index (χ0n) is 8.06. The fourth-order valence-electron chi connectivity index (χ4n) is 0.964. The molecule has 3 N–H and O–H groups in total. The van der Waals surface area contributed by atoms with Gasteiger partial charge in [0.2, 0.25) is 5.82 Å². The molecular weight excluding hydrogens is 257 g/mol. The highest BCUT2D eigenvalue weighted by Gasteiger charge is 2.35. The number of H-pyrrole nitrogens is 1. The van der Waals surface area contributed by atoms with Crippen LogP contribution in [0.25, 0.3) is 0 Å². The first-order valence-corrected chi connectivity index (χ1v) is 5.02. The molecule has 0 aliphatic heterocycles. The van der Waals surface area contributed by atoms with Gasteiger partial charge in [0, 0.05) is 6.07 Å². The Morgan fingerprint density at radius 3 is 2.65 bits per heavy atom. The van der Waals surface area contributed by atoms with Gasteiger partial charge in [0.1, 0.15) is 17.2 Å². The molecule has 2 aromatic rings. The fraction of sp³-hybridized carbons (Fsp3) is 0.143. The van der Waals surface area contributed by atoms with Crippen LogP contribution >= 0.6 is 11.8 Å². The third kappa shape index (κ3) is 2.84. The lowest BCUT2D eigenvalue weighted by atomic mass is 10.5. The average molecular weight is 262 g/mol. The Morgan fingerprint density at radius 1 is 1.29 bits per heavy atom. The molecule has 2 heterocycles. The molecule has 0 amide bonds. The van der Waals surface area contributed by atoms with E-state index in [1.54, 1.807) is 0 Å². The summed E-state index contributed by atoms with van der Waals surface area (Å²) in [5.41, 5.74) is 5.27. The zero-order chi connectivity index (χ0) is 12.5. The van der Waals surface area contributed by atoms with E-state index in [9.17, 15) is 13.2 Å². The molecule has 10 heteroatoms. The topological polar surface area (TPSA) is 93.4 Å². The lowest BCUT2D eigenvalue weighted by molar-refractivity contribution is -0.145. The number of aromatic nitrogens is 5. The van der Waals surface area contributed by atoms with Gasteiger partial charge < -0.3 is 5.73 Å². The molecular formula is C7H5F3N6S. The predicted molar refractivity (Wildman–Crippen MR) is 52.0 cm³/mol. The van der Waals surface area contributed by atoms with Crippen molar-refractivity contribution in [2.75, 3.05) is 5.73 Å². The molecule has 6 nitrogen and oxygen atoms in total. The van der Waals surface area contributed by atoms with E-state index in [0.717, 1.165) is 11.8 Å². The number of alkyl halides is 3. The quantitative estimate of drug-likeness (QED) is 0.793. The lowest BCUT2D eigenvalue weighted by Gasteiger charge is -2.06. The van der Waals surface area contributed by atoms with Crippen molar-refractivity contribution in [3.63, 3.8) is 0 Å². The summed E-state index contributed by atoms with van der Waals surface area (Å²) in [5, 5.41) is 6.40. The molecule has 2 aromatic heterocycles. The van der Waals surface area contributed by atoms with E-state index in [4.69, 9.17) is 5.73 Å². The van der Waals surface area contributed by atoms with Crippen LogP contribution < -0.4 is 5.73 Å². The van der Waals surface area contributed by atoms with Crippen molar-refractivity contribution in [1.82, 2.24) is 25.1 Å². The summed E-state index contributed by atoms with van der Waals surface area (Å²) in [5.74, 6) is -1.53. The molecule has 0 saturated heterocycles. The summed E-state index contributed by atoms with van der Waals surface area (Å²) in [7, 11) is 0. The first kappa shape index (κ1) is 11.6. The third-order valence-corrected chi connectivity index (χ3v) is 2.38. The number of anilines is 1. The highest BCUT2D eigenvalue weighted by atomic mass is 32.2. The Bertz CT molecular complexity index is 511.